The normalized spacial score (nSPS) is 14.1. The molecule has 2 unspecified atom stereocenters. The summed E-state index contributed by atoms with van der Waals surface area (Å²) in [6.45, 7) is 4.11. The Kier molecular flexibility index (Phi) is 4.69. The highest BCUT2D eigenvalue weighted by molar-refractivity contribution is 5.21. The number of nitrogens with zero attached hydrogens (tertiary/aromatic N) is 1. The van der Waals surface area contributed by atoms with Crippen molar-refractivity contribution in [3.8, 4) is 0 Å². The van der Waals surface area contributed by atoms with Crippen molar-refractivity contribution in [3.63, 3.8) is 0 Å². The Morgan fingerprint density at radius 2 is 1.84 bits per heavy atom. The molecule has 0 bridgehead atoms. The summed E-state index contributed by atoms with van der Waals surface area (Å²) in [6.07, 6.45) is 3.09. The van der Waals surface area contributed by atoms with Crippen LogP contribution in [0.3, 0.4) is 0 Å². The molecule has 0 aliphatic heterocycles. The second-order valence-corrected chi connectivity index (χ2v) is 5.13. The maximum atomic E-state index is 10.2. The van der Waals surface area contributed by atoms with E-state index >= 15 is 0 Å². The Hall–Kier alpha value is -1.67. The maximum Gasteiger partial charge on any atom is 0.0624 e. The minimum Gasteiger partial charge on any atom is -0.392 e. The van der Waals surface area contributed by atoms with E-state index in [4.69, 9.17) is 0 Å². The summed E-state index contributed by atoms with van der Waals surface area (Å²) in [6, 6.07) is 14.3. The number of aryl methyl sites for hydroxylation is 2. The first-order valence-corrected chi connectivity index (χ1v) is 6.81. The molecular formula is C17H21NO. The number of rotatable bonds is 5. The molecule has 2 nitrogen and oxygen atoms in total. The van der Waals surface area contributed by atoms with Crippen LogP contribution in [0, 0.1) is 6.92 Å². The summed E-state index contributed by atoms with van der Waals surface area (Å²) in [4.78, 5) is 4.31. The lowest BCUT2D eigenvalue weighted by Gasteiger charge is -2.18. The summed E-state index contributed by atoms with van der Waals surface area (Å²) in [5, 5.41) is 10.2. The molecule has 0 aliphatic rings. The molecule has 1 N–H and O–H groups in total. The predicted octanol–water partition coefficient (Wildman–Crippen LogP) is 3.49. The largest absolute Gasteiger partial charge is 0.392 e. The molecule has 1 heterocycles. The van der Waals surface area contributed by atoms with Gasteiger partial charge in [0.15, 0.2) is 0 Å². The van der Waals surface area contributed by atoms with Crippen LogP contribution in [0.2, 0.25) is 0 Å². The van der Waals surface area contributed by atoms with Crippen molar-refractivity contribution in [2.75, 3.05) is 0 Å². The van der Waals surface area contributed by atoms with Gasteiger partial charge in [-0.25, -0.2) is 0 Å². The van der Waals surface area contributed by atoms with Crippen LogP contribution in [-0.2, 0) is 6.42 Å². The first-order chi connectivity index (χ1) is 9.16. The molecule has 2 rings (SSSR count). The quantitative estimate of drug-likeness (QED) is 0.887. The first-order valence-electron chi connectivity index (χ1n) is 6.81. The average Bonchev–Trinajstić information content (AvgIpc) is 2.46. The second-order valence-electron chi connectivity index (χ2n) is 5.13. The predicted molar refractivity (Wildman–Crippen MR) is 78.2 cm³/mol. The molecule has 0 fully saturated rings. The Morgan fingerprint density at radius 1 is 1.11 bits per heavy atom. The highest BCUT2D eigenvalue weighted by Gasteiger charge is 2.16. The van der Waals surface area contributed by atoms with Crippen molar-refractivity contribution in [2.24, 2.45) is 0 Å². The molecule has 0 amide bonds. The molecule has 0 spiro atoms. The van der Waals surface area contributed by atoms with Gasteiger partial charge in [-0.05, 0) is 37.5 Å². The number of aromatic nitrogens is 1. The number of aliphatic hydroxyl groups is 1. The summed E-state index contributed by atoms with van der Waals surface area (Å²) < 4.78 is 0. The SMILES string of the molecule is Cc1ccc(CCC(O)C(C)c2ccccn2)cc1. The Bertz CT molecular complexity index is 492. The highest BCUT2D eigenvalue weighted by Crippen LogP contribution is 2.20. The maximum absolute atomic E-state index is 10.2. The van der Waals surface area contributed by atoms with Gasteiger partial charge in [0.25, 0.3) is 0 Å². The summed E-state index contributed by atoms with van der Waals surface area (Å²) >= 11 is 0. The number of benzene rings is 1. The molecular weight excluding hydrogens is 234 g/mol. The number of aliphatic hydroxyl groups excluding tert-OH is 1. The lowest BCUT2D eigenvalue weighted by atomic mass is 9.94. The van der Waals surface area contributed by atoms with Gasteiger partial charge in [0, 0.05) is 17.8 Å². The lowest BCUT2D eigenvalue weighted by Crippen LogP contribution is -2.17. The second kappa shape index (κ2) is 6.48. The van der Waals surface area contributed by atoms with Gasteiger partial charge in [-0.2, -0.15) is 0 Å². The zero-order chi connectivity index (χ0) is 13.7. The van der Waals surface area contributed by atoms with Crippen LogP contribution in [0.5, 0.6) is 0 Å². The molecule has 1 aromatic carbocycles. The van der Waals surface area contributed by atoms with E-state index in [0.29, 0.717) is 0 Å². The van der Waals surface area contributed by atoms with Gasteiger partial charge >= 0.3 is 0 Å². The monoisotopic (exact) mass is 255 g/mol. The van der Waals surface area contributed by atoms with Crippen molar-refractivity contribution in [1.82, 2.24) is 4.98 Å². The number of pyridine rings is 1. The van der Waals surface area contributed by atoms with E-state index in [-0.39, 0.29) is 12.0 Å². The Morgan fingerprint density at radius 3 is 2.47 bits per heavy atom. The zero-order valence-corrected chi connectivity index (χ0v) is 11.6. The van der Waals surface area contributed by atoms with Gasteiger partial charge in [-0.15, -0.1) is 0 Å². The van der Waals surface area contributed by atoms with Gasteiger partial charge in [-0.1, -0.05) is 42.8 Å². The third-order valence-electron chi connectivity index (χ3n) is 3.58. The van der Waals surface area contributed by atoms with Gasteiger partial charge < -0.3 is 5.11 Å². The van der Waals surface area contributed by atoms with Crippen LogP contribution >= 0.6 is 0 Å². The van der Waals surface area contributed by atoms with E-state index in [0.717, 1.165) is 18.5 Å². The molecule has 2 heteroatoms. The molecule has 0 saturated heterocycles. The zero-order valence-electron chi connectivity index (χ0n) is 11.6. The standard InChI is InChI=1S/C17H21NO/c1-13-6-8-15(9-7-13)10-11-17(19)14(2)16-5-3-4-12-18-16/h3-9,12,14,17,19H,10-11H2,1-2H3. The van der Waals surface area contributed by atoms with Crippen molar-refractivity contribution < 1.29 is 5.11 Å². The molecule has 19 heavy (non-hydrogen) atoms. The van der Waals surface area contributed by atoms with E-state index in [1.165, 1.54) is 11.1 Å². The fourth-order valence-electron chi connectivity index (χ4n) is 2.16. The van der Waals surface area contributed by atoms with Gasteiger partial charge in [-0.3, -0.25) is 4.98 Å². The van der Waals surface area contributed by atoms with Crippen molar-refractivity contribution in [1.29, 1.82) is 0 Å². The van der Waals surface area contributed by atoms with Gasteiger partial charge in [0.05, 0.1) is 6.10 Å². The van der Waals surface area contributed by atoms with E-state index in [9.17, 15) is 5.11 Å². The van der Waals surface area contributed by atoms with E-state index in [1.807, 2.05) is 25.1 Å². The molecule has 0 aliphatic carbocycles. The smallest absolute Gasteiger partial charge is 0.0624 e. The fourth-order valence-corrected chi connectivity index (χ4v) is 2.16. The topological polar surface area (TPSA) is 33.1 Å². The van der Waals surface area contributed by atoms with E-state index in [1.54, 1.807) is 6.20 Å². The molecule has 0 saturated carbocycles. The van der Waals surface area contributed by atoms with Crippen molar-refractivity contribution >= 4 is 0 Å². The summed E-state index contributed by atoms with van der Waals surface area (Å²) in [5.41, 5.74) is 3.50. The van der Waals surface area contributed by atoms with Gasteiger partial charge in [0.2, 0.25) is 0 Å². The number of hydrogen-bond donors (Lipinski definition) is 1. The highest BCUT2D eigenvalue weighted by atomic mass is 16.3. The third kappa shape index (κ3) is 3.90. The van der Waals surface area contributed by atoms with E-state index in [2.05, 4.69) is 36.2 Å². The lowest BCUT2D eigenvalue weighted by molar-refractivity contribution is 0.138. The van der Waals surface area contributed by atoms with Crippen LogP contribution in [-0.4, -0.2) is 16.2 Å². The summed E-state index contributed by atoms with van der Waals surface area (Å²) in [7, 11) is 0. The number of hydrogen-bond acceptors (Lipinski definition) is 2. The van der Waals surface area contributed by atoms with Crippen LogP contribution in [0.4, 0.5) is 0 Å². The summed E-state index contributed by atoms with van der Waals surface area (Å²) in [5.74, 6) is 0.0756. The minimum atomic E-state index is -0.351. The fraction of sp³-hybridized carbons (Fsp3) is 0.353. The third-order valence-corrected chi connectivity index (χ3v) is 3.58. The van der Waals surface area contributed by atoms with Crippen LogP contribution < -0.4 is 0 Å². The first kappa shape index (κ1) is 13.8. The molecule has 0 radical (unpaired) electrons. The Balaban J connectivity index is 1.90. The molecule has 2 atom stereocenters. The molecule has 1 aromatic heterocycles. The Labute approximate surface area is 115 Å². The van der Waals surface area contributed by atoms with Crippen molar-refractivity contribution in [3.05, 3.63) is 65.5 Å². The van der Waals surface area contributed by atoms with Crippen LogP contribution in [0.1, 0.15) is 36.1 Å². The van der Waals surface area contributed by atoms with Crippen LogP contribution in [0.15, 0.2) is 48.7 Å². The molecule has 2 aromatic rings. The van der Waals surface area contributed by atoms with E-state index < -0.39 is 0 Å². The molecule has 100 valence electrons. The van der Waals surface area contributed by atoms with Crippen LogP contribution in [0.25, 0.3) is 0 Å². The average molecular weight is 255 g/mol. The van der Waals surface area contributed by atoms with Gasteiger partial charge in [0.1, 0.15) is 0 Å². The minimum absolute atomic E-state index is 0.0756. The van der Waals surface area contributed by atoms with Crippen molar-refractivity contribution in [2.45, 2.75) is 38.7 Å².